The first kappa shape index (κ1) is 16.8. The van der Waals surface area contributed by atoms with Gasteiger partial charge in [-0.25, -0.2) is 5.43 Å². The van der Waals surface area contributed by atoms with E-state index in [0.29, 0.717) is 5.92 Å². The minimum absolute atomic E-state index is 0.104. The molecule has 1 aliphatic rings. The van der Waals surface area contributed by atoms with Crippen LogP contribution in [0.4, 0.5) is 5.69 Å². The number of hydrazone groups is 1. The predicted molar refractivity (Wildman–Crippen MR) is 92.4 cm³/mol. The molecule has 3 rings (SSSR count). The maximum absolute atomic E-state index is 12.2. The van der Waals surface area contributed by atoms with Crippen molar-refractivity contribution in [2.24, 2.45) is 12.1 Å². The van der Waals surface area contributed by atoms with Gasteiger partial charge in [-0.2, -0.15) is 10.2 Å². The smallest absolute Gasteiger partial charge is 0.265 e. The Balaban J connectivity index is 1.61. The van der Waals surface area contributed by atoms with Crippen molar-refractivity contribution >= 4 is 17.3 Å². The minimum Gasteiger partial charge on any atom is -0.265 e. The quantitative estimate of drug-likeness (QED) is 0.682. The maximum atomic E-state index is 12.2. The summed E-state index contributed by atoms with van der Waals surface area (Å²) in [6.07, 6.45) is 4.61. The number of aryl methyl sites for hydroxylation is 1. The highest BCUT2D eigenvalue weighted by atomic mass is 16.6. The number of benzene rings is 1. The fourth-order valence-electron chi connectivity index (χ4n) is 3.13. The van der Waals surface area contributed by atoms with E-state index in [2.05, 4.69) is 27.8 Å². The number of nitrogens with one attached hydrogen (secondary N) is 1. The molecule has 0 bridgehead atoms. The largest absolute Gasteiger partial charge is 0.320 e. The number of nitrogens with zero attached hydrogens (tertiary/aromatic N) is 4. The van der Waals surface area contributed by atoms with Crippen LogP contribution in [-0.2, 0) is 7.05 Å². The van der Waals surface area contributed by atoms with E-state index in [4.69, 9.17) is 0 Å². The van der Waals surface area contributed by atoms with Gasteiger partial charge in [-0.1, -0.05) is 30.3 Å². The Bertz CT molecular complexity index is 803. The zero-order valence-corrected chi connectivity index (χ0v) is 13.9. The van der Waals surface area contributed by atoms with Gasteiger partial charge in [-0.15, -0.1) is 0 Å². The Morgan fingerprint density at radius 2 is 2.00 bits per heavy atom. The standard InChI is InChI=1S/C17H19N5O3/c1-21-16(15(11-18-21)22(24)25)17(23)20-19-14-9-7-13(8-10-14)12-5-3-2-4-6-12/h2-6,11,13H,7-10H2,1H3,(H,20,23). The van der Waals surface area contributed by atoms with Gasteiger partial charge >= 0.3 is 5.69 Å². The molecule has 1 aromatic heterocycles. The number of rotatable bonds is 4. The fourth-order valence-corrected chi connectivity index (χ4v) is 3.13. The van der Waals surface area contributed by atoms with Crippen molar-refractivity contribution in [1.29, 1.82) is 0 Å². The molecule has 0 saturated heterocycles. The SMILES string of the molecule is Cn1ncc([N+](=O)[O-])c1C(=O)NN=C1CCC(c2ccccc2)CC1. The molecule has 8 nitrogen and oxygen atoms in total. The van der Waals surface area contributed by atoms with E-state index in [1.165, 1.54) is 17.3 Å². The van der Waals surface area contributed by atoms with Crippen LogP contribution in [0.1, 0.15) is 47.7 Å². The molecule has 0 radical (unpaired) electrons. The third kappa shape index (κ3) is 3.73. The number of nitro groups is 1. The van der Waals surface area contributed by atoms with Crippen LogP contribution in [0.2, 0.25) is 0 Å². The molecule has 0 aliphatic heterocycles. The van der Waals surface area contributed by atoms with Crippen LogP contribution >= 0.6 is 0 Å². The molecule has 1 aliphatic carbocycles. The average molecular weight is 341 g/mol. The lowest BCUT2D eigenvalue weighted by atomic mass is 9.83. The lowest BCUT2D eigenvalue weighted by molar-refractivity contribution is -0.385. The number of carbonyl (C=O) groups excluding carboxylic acids is 1. The molecule has 0 spiro atoms. The van der Waals surface area contributed by atoms with Crippen molar-refractivity contribution in [3.63, 3.8) is 0 Å². The summed E-state index contributed by atoms with van der Waals surface area (Å²) in [4.78, 5) is 22.5. The topological polar surface area (TPSA) is 102 Å². The molecule has 1 fully saturated rings. The molecule has 1 saturated carbocycles. The van der Waals surface area contributed by atoms with E-state index in [0.717, 1.165) is 37.6 Å². The molecular formula is C17H19N5O3. The van der Waals surface area contributed by atoms with Crippen LogP contribution in [0.5, 0.6) is 0 Å². The van der Waals surface area contributed by atoms with Gasteiger partial charge in [-0.3, -0.25) is 19.6 Å². The molecule has 1 amide bonds. The van der Waals surface area contributed by atoms with Crippen molar-refractivity contribution in [1.82, 2.24) is 15.2 Å². The number of hydrogen-bond donors (Lipinski definition) is 1. The summed E-state index contributed by atoms with van der Waals surface area (Å²) in [5.74, 6) is -0.113. The fraction of sp³-hybridized carbons (Fsp3) is 0.353. The second kappa shape index (κ2) is 7.25. The van der Waals surface area contributed by atoms with Crippen molar-refractivity contribution in [3.05, 3.63) is 57.9 Å². The van der Waals surface area contributed by atoms with Crippen LogP contribution in [0.25, 0.3) is 0 Å². The lowest BCUT2D eigenvalue weighted by Gasteiger charge is -2.23. The van der Waals surface area contributed by atoms with Gasteiger partial charge in [0.15, 0.2) is 0 Å². The van der Waals surface area contributed by atoms with E-state index in [9.17, 15) is 14.9 Å². The van der Waals surface area contributed by atoms with E-state index in [1.807, 2.05) is 18.2 Å². The second-order valence-corrected chi connectivity index (χ2v) is 6.06. The summed E-state index contributed by atoms with van der Waals surface area (Å²) in [7, 11) is 1.49. The van der Waals surface area contributed by atoms with Gasteiger partial charge in [0.2, 0.25) is 5.69 Å². The molecule has 2 aromatic rings. The Kier molecular flexibility index (Phi) is 4.87. The Morgan fingerprint density at radius 1 is 1.32 bits per heavy atom. The maximum Gasteiger partial charge on any atom is 0.320 e. The Hall–Kier alpha value is -3.03. The molecule has 1 aromatic carbocycles. The minimum atomic E-state index is -0.625. The average Bonchev–Trinajstić information content (AvgIpc) is 3.03. The molecule has 0 atom stereocenters. The summed E-state index contributed by atoms with van der Waals surface area (Å²) >= 11 is 0. The van der Waals surface area contributed by atoms with Gasteiger partial charge in [-0.05, 0) is 37.2 Å². The molecule has 1 heterocycles. The number of aromatic nitrogens is 2. The predicted octanol–water partition coefficient (Wildman–Crippen LogP) is 2.77. The van der Waals surface area contributed by atoms with Crippen LogP contribution in [0, 0.1) is 10.1 Å². The van der Waals surface area contributed by atoms with Crippen LogP contribution in [-0.4, -0.2) is 26.3 Å². The van der Waals surface area contributed by atoms with Gasteiger partial charge in [0.25, 0.3) is 5.91 Å². The first-order valence-electron chi connectivity index (χ1n) is 8.13. The van der Waals surface area contributed by atoms with Crippen molar-refractivity contribution < 1.29 is 9.72 Å². The molecule has 25 heavy (non-hydrogen) atoms. The van der Waals surface area contributed by atoms with Crippen LogP contribution in [0.3, 0.4) is 0 Å². The normalized spacial score (nSPS) is 17.2. The number of carbonyl (C=O) groups is 1. The third-order valence-electron chi connectivity index (χ3n) is 4.48. The summed E-state index contributed by atoms with van der Waals surface area (Å²) in [5, 5.41) is 18.9. The number of amides is 1. The van der Waals surface area contributed by atoms with Gasteiger partial charge in [0.05, 0.1) is 4.92 Å². The summed E-state index contributed by atoms with van der Waals surface area (Å²) in [6, 6.07) is 10.4. The van der Waals surface area contributed by atoms with Crippen LogP contribution < -0.4 is 5.43 Å². The molecule has 8 heteroatoms. The zero-order valence-electron chi connectivity index (χ0n) is 13.9. The first-order valence-corrected chi connectivity index (χ1v) is 8.13. The molecule has 0 unspecified atom stereocenters. The van der Waals surface area contributed by atoms with Crippen LogP contribution in [0.15, 0.2) is 41.6 Å². The summed E-state index contributed by atoms with van der Waals surface area (Å²) < 4.78 is 1.18. The van der Waals surface area contributed by atoms with E-state index >= 15 is 0 Å². The third-order valence-corrected chi connectivity index (χ3v) is 4.48. The van der Waals surface area contributed by atoms with Crippen molar-refractivity contribution in [3.8, 4) is 0 Å². The van der Waals surface area contributed by atoms with Gasteiger partial charge in [0, 0.05) is 12.8 Å². The monoisotopic (exact) mass is 341 g/mol. The van der Waals surface area contributed by atoms with Gasteiger partial charge in [0.1, 0.15) is 6.20 Å². The highest BCUT2D eigenvalue weighted by Gasteiger charge is 2.26. The summed E-state index contributed by atoms with van der Waals surface area (Å²) in [6.45, 7) is 0. The Labute approximate surface area is 144 Å². The second-order valence-electron chi connectivity index (χ2n) is 6.06. The highest BCUT2D eigenvalue weighted by Crippen LogP contribution is 2.31. The van der Waals surface area contributed by atoms with Gasteiger partial charge < -0.3 is 0 Å². The summed E-state index contributed by atoms with van der Waals surface area (Å²) in [5.41, 5.74) is 4.24. The first-order chi connectivity index (χ1) is 12.1. The van der Waals surface area contributed by atoms with Crippen molar-refractivity contribution in [2.75, 3.05) is 0 Å². The van der Waals surface area contributed by atoms with Crippen molar-refractivity contribution in [2.45, 2.75) is 31.6 Å². The molecule has 1 N–H and O–H groups in total. The molecule has 130 valence electrons. The van der Waals surface area contributed by atoms with E-state index in [1.54, 1.807) is 0 Å². The molecular weight excluding hydrogens is 322 g/mol. The van der Waals surface area contributed by atoms with E-state index in [-0.39, 0.29) is 11.4 Å². The van der Waals surface area contributed by atoms with E-state index < -0.39 is 10.8 Å². The lowest BCUT2D eigenvalue weighted by Crippen LogP contribution is -2.24. The highest BCUT2D eigenvalue weighted by molar-refractivity contribution is 5.97. The zero-order chi connectivity index (χ0) is 17.8. The number of hydrogen-bond acceptors (Lipinski definition) is 5. The Morgan fingerprint density at radius 3 is 2.64 bits per heavy atom.